The lowest BCUT2D eigenvalue weighted by atomic mass is 10.0. The molecule has 1 aliphatic heterocycles. The molecule has 0 spiro atoms. The van der Waals surface area contributed by atoms with E-state index in [1.165, 1.54) is 0 Å². The van der Waals surface area contributed by atoms with Crippen molar-refractivity contribution in [1.82, 2.24) is 46.2 Å². The number of carboxylic acids is 6. The van der Waals surface area contributed by atoms with Crippen molar-refractivity contribution in [2.75, 3.05) is 85.1 Å². The van der Waals surface area contributed by atoms with Crippen molar-refractivity contribution in [2.24, 2.45) is 0 Å². The summed E-state index contributed by atoms with van der Waals surface area (Å²) in [6.07, 6.45) is 0.401. The van der Waals surface area contributed by atoms with Gasteiger partial charge in [-0.2, -0.15) is 0 Å². The third-order valence-corrected chi connectivity index (χ3v) is 13.1. The molecule has 2 aliphatic rings. The maximum absolute atomic E-state index is 14.0. The molecule has 1 aliphatic carbocycles. The van der Waals surface area contributed by atoms with Crippen molar-refractivity contribution in [3.05, 3.63) is 82.9 Å². The highest BCUT2D eigenvalue weighted by Crippen LogP contribution is 2.24. The number of hydrogen-bond donors (Lipinski definition) is 11. The Bertz CT molecular complexity index is 2550. The molecule has 11 N–H and O–H groups in total. The van der Waals surface area contributed by atoms with Gasteiger partial charge < -0.3 is 57.2 Å². The van der Waals surface area contributed by atoms with Gasteiger partial charge >= 0.3 is 41.8 Å². The highest BCUT2D eigenvalue weighted by atomic mass is 16.4. The molecule has 0 bridgehead atoms. The minimum absolute atomic E-state index is 0.0672. The molecule has 25 heteroatoms. The third kappa shape index (κ3) is 20.2. The summed E-state index contributed by atoms with van der Waals surface area (Å²) in [4.78, 5) is 130. The van der Waals surface area contributed by atoms with Gasteiger partial charge in [-0.25, -0.2) is 14.4 Å². The van der Waals surface area contributed by atoms with Gasteiger partial charge in [0.05, 0.1) is 26.2 Å². The average molecular weight is 1060 g/mol. The van der Waals surface area contributed by atoms with Gasteiger partial charge in [-0.3, -0.25) is 53.2 Å². The minimum atomic E-state index is -1.56. The second kappa shape index (κ2) is 29.4. The molecule has 5 amide bonds. The van der Waals surface area contributed by atoms with E-state index in [9.17, 15) is 73.5 Å². The van der Waals surface area contributed by atoms with Crippen molar-refractivity contribution < 1.29 is 78.6 Å². The van der Waals surface area contributed by atoms with E-state index in [1.807, 2.05) is 47.4 Å². The van der Waals surface area contributed by atoms with Crippen molar-refractivity contribution in [3.63, 3.8) is 0 Å². The number of carbonyl (C=O) groups is 10. The van der Waals surface area contributed by atoms with Gasteiger partial charge in [0.1, 0.15) is 18.1 Å². The standard InChI is InChI=1S/C51H67N9O16/c61-42(28-57-15-17-58(29-44(64)65)19-21-60(31-46(68)69)22-20-59(18-16-57)30-45(66)67)53-38-26-35-10-11-36(25-37(35)27-38)47(70)54-41(24-32-8-9-33-5-1-2-6-34(33)23-32)48(71)52-14-4-3-7-39(49(72)73)55-51(76)56-40(50(74)75)12-13-43(62)63/h1-2,5-6,8-11,23,25,38-41H,3-4,7,12-22,24,26-31H2,(H,52,71)(H,53,61)(H,54,70)(H,62,63)(H,64,65)(H,66,67)(H,68,69)(H,72,73)(H,74,75)(H2,55,56,76)/t38?,39?,40-,41-/m0/s1. The zero-order valence-electron chi connectivity index (χ0n) is 42.0. The summed E-state index contributed by atoms with van der Waals surface area (Å²) >= 11 is 0. The molecule has 412 valence electrons. The van der Waals surface area contributed by atoms with Crippen molar-refractivity contribution in [2.45, 2.75) is 75.5 Å². The number of aliphatic carboxylic acids is 6. The molecule has 3 aromatic carbocycles. The predicted molar refractivity (Wildman–Crippen MR) is 272 cm³/mol. The highest BCUT2D eigenvalue weighted by molar-refractivity contribution is 5.98. The number of fused-ring (bicyclic) bond motifs is 2. The van der Waals surface area contributed by atoms with Crippen LogP contribution in [0.15, 0.2) is 60.7 Å². The molecular weight excluding hydrogens is 995 g/mol. The summed E-state index contributed by atoms with van der Waals surface area (Å²) in [6.45, 7) is 1.13. The fourth-order valence-corrected chi connectivity index (χ4v) is 9.12. The van der Waals surface area contributed by atoms with E-state index in [0.717, 1.165) is 27.5 Å². The lowest BCUT2D eigenvalue weighted by Crippen LogP contribution is -2.51. The third-order valence-electron chi connectivity index (χ3n) is 13.1. The Kier molecular flexibility index (Phi) is 22.9. The topological polar surface area (TPSA) is 365 Å². The van der Waals surface area contributed by atoms with Crippen LogP contribution in [0, 0.1) is 0 Å². The number of urea groups is 1. The van der Waals surface area contributed by atoms with Gasteiger partial charge in [0.2, 0.25) is 11.8 Å². The first kappa shape index (κ1) is 59.1. The Morgan fingerprint density at radius 2 is 1.05 bits per heavy atom. The minimum Gasteiger partial charge on any atom is -0.481 e. The van der Waals surface area contributed by atoms with Crippen LogP contribution in [0.3, 0.4) is 0 Å². The number of carboxylic acid groups (broad SMARTS) is 6. The SMILES string of the molecule is O=C(O)CC[C@H](NC(=O)NC(CCCCNC(=O)[C@H](Cc1ccc2ccccc2c1)NC(=O)c1ccc2c(c1)CC(NC(=O)CN1CCN(CC(=O)O)CCN(CC(=O)O)CCN(CC(=O)O)CC1)C2)C(=O)O)C(=O)O. The average Bonchev–Trinajstić information content (AvgIpc) is 3.76. The Balaban J connectivity index is 1.19. The molecule has 0 aromatic heterocycles. The Labute approximate surface area is 437 Å². The molecule has 25 nitrogen and oxygen atoms in total. The molecule has 0 saturated carbocycles. The molecule has 4 atom stereocenters. The molecule has 76 heavy (non-hydrogen) atoms. The summed E-state index contributed by atoms with van der Waals surface area (Å²) in [7, 11) is 0. The number of unbranched alkanes of at least 4 members (excludes halogenated alkanes) is 1. The number of benzene rings is 3. The summed E-state index contributed by atoms with van der Waals surface area (Å²) < 4.78 is 0. The second-order valence-corrected chi connectivity index (χ2v) is 19.0. The predicted octanol–water partition coefficient (Wildman–Crippen LogP) is -0.403. The summed E-state index contributed by atoms with van der Waals surface area (Å²) in [5.74, 6) is -8.69. The van der Waals surface area contributed by atoms with Gasteiger partial charge in [0.15, 0.2) is 0 Å². The van der Waals surface area contributed by atoms with Crippen LogP contribution in [0.2, 0.25) is 0 Å². The first-order valence-electron chi connectivity index (χ1n) is 25.0. The van der Waals surface area contributed by atoms with Gasteiger partial charge in [-0.15, -0.1) is 0 Å². The lowest BCUT2D eigenvalue weighted by molar-refractivity contribution is -0.141. The largest absolute Gasteiger partial charge is 0.481 e. The maximum Gasteiger partial charge on any atom is 0.326 e. The zero-order valence-corrected chi connectivity index (χ0v) is 42.0. The van der Waals surface area contributed by atoms with Gasteiger partial charge in [0.25, 0.3) is 5.91 Å². The fourth-order valence-electron chi connectivity index (χ4n) is 9.12. The molecular formula is C51H67N9O16. The molecule has 5 rings (SSSR count). The second-order valence-electron chi connectivity index (χ2n) is 19.0. The first-order chi connectivity index (χ1) is 36.2. The van der Waals surface area contributed by atoms with Crippen LogP contribution in [0.5, 0.6) is 0 Å². The number of hydrogen-bond acceptors (Lipinski definition) is 14. The molecule has 1 heterocycles. The van der Waals surface area contributed by atoms with E-state index < -0.39 is 84.6 Å². The summed E-state index contributed by atoms with van der Waals surface area (Å²) in [5, 5.41) is 71.4. The number of amides is 5. The molecule has 1 fully saturated rings. The van der Waals surface area contributed by atoms with E-state index in [0.29, 0.717) is 12.8 Å². The smallest absolute Gasteiger partial charge is 0.326 e. The highest BCUT2D eigenvalue weighted by Gasteiger charge is 2.29. The van der Waals surface area contributed by atoms with E-state index in [1.54, 1.807) is 32.9 Å². The Hall–Kier alpha value is -7.74. The van der Waals surface area contributed by atoms with E-state index in [4.69, 9.17) is 5.11 Å². The molecule has 1 saturated heterocycles. The molecule has 3 aromatic rings. The van der Waals surface area contributed by atoms with Gasteiger partial charge in [-0.05, 0) is 78.1 Å². The summed E-state index contributed by atoms with van der Waals surface area (Å²) in [6, 6.07) is 13.0. The number of rotatable bonds is 26. The van der Waals surface area contributed by atoms with Crippen LogP contribution in [0.1, 0.15) is 59.2 Å². The van der Waals surface area contributed by atoms with Crippen LogP contribution in [-0.4, -0.2) is 219 Å². The summed E-state index contributed by atoms with van der Waals surface area (Å²) in [5.41, 5.74) is 2.76. The number of nitrogens with one attached hydrogen (secondary N) is 5. The normalized spacial score (nSPS) is 17.1. The van der Waals surface area contributed by atoms with E-state index in [2.05, 4.69) is 26.6 Å². The fraction of sp³-hybridized carbons (Fsp3) is 0.490. The zero-order chi connectivity index (χ0) is 55.3. The quantitative estimate of drug-likeness (QED) is 0.0456. The Morgan fingerprint density at radius 3 is 1.59 bits per heavy atom. The maximum atomic E-state index is 14.0. The van der Waals surface area contributed by atoms with Crippen molar-refractivity contribution in [1.29, 1.82) is 0 Å². The molecule has 0 radical (unpaired) electrons. The van der Waals surface area contributed by atoms with Crippen LogP contribution in [0.25, 0.3) is 10.8 Å². The van der Waals surface area contributed by atoms with E-state index >= 15 is 0 Å². The lowest BCUT2D eigenvalue weighted by Gasteiger charge is -2.33. The van der Waals surface area contributed by atoms with Crippen LogP contribution in [-0.2, 0) is 57.6 Å². The van der Waals surface area contributed by atoms with Crippen molar-refractivity contribution >= 4 is 70.3 Å². The molecule has 2 unspecified atom stereocenters. The van der Waals surface area contributed by atoms with Crippen LogP contribution < -0.4 is 26.6 Å². The van der Waals surface area contributed by atoms with Crippen molar-refractivity contribution in [3.8, 4) is 0 Å². The van der Waals surface area contributed by atoms with Crippen LogP contribution >= 0.6 is 0 Å². The Morgan fingerprint density at radius 1 is 0.526 bits per heavy atom. The monoisotopic (exact) mass is 1060 g/mol. The van der Waals surface area contributed by atoms with E-state index in [-0.39, 0.29) is 128 Å². The number of carbonyl (C=O) groups excluding carboxylic acids is 4. The van der Waals surface area contributed by atoms with Gasteiger partial charge in [0, 0.05) is 83.3 Å². The first-order valence-corrected chi connectivity index (χ1v) is 25.0. The van der Waals surface area contributed by atoms with Crippen LogP contribution in [0.4, 0.5) is 4.79 Å². The number of nitrogens with zero attached hydrogens (tertiary/aromatic N) is 4. The van der Waals surface area contributed by atoms with Gasteiger partial charge in [-0.1, -0.05) is 48.5 Å².